The van der Waals surface area contributed by atoms with Gasteiger partial charge in [0.1, 0.15) is 6.04 Å². The van der Waals surface area contributed by atoms with Crippen LogP contribution in [0.25, 0.3) is 0 Å². The van der Waals surface area contributed by atoms with Gasteiger partial charge in [-0.25, -0.2) is 0 Å². The van der Waals surface area contributed by atoms with Crippen LogP contribution in [0.5, 0.6) is 0 Å². The number of rotatable bonds is 1. The highest BCUT2D eigenvalue weighted by atomic mass is 32.1. The number of nitrogens with one attached hydrogen (secondary N) is 1. The molecule has 0 spiro atoms. The molecule has 5 heteroatoms. The zero-order valence-electron chi connectivity index (χ0n) is 10.8. The first-order chi connectivity index (χ1) is 7.82. The predicted molar refractivity (Wildman–Crippen MR) is 69.6 cm³/mol. The molecule has 1 aromatic heterocycles. The van der Waals surface area contributed by atoms with Crippen LogP contribution in [0.3, 0.4) is 0 Å². The first kappa shape index (κ1) is 12.4. The largest absolute Gasteiger partial charge is 0.344 e. The van der Waals surface area contributed by atoms with Gasteiger partial charge in [-0.05, 0) is 18.6 Å². The lowest BCUT2D eigenvalue weighted by molar-refractivity contribution is -0.129. The number of nitrogens with zero attached hydrogens (tertiary/aromatic N) is 2. The molecule has 0 aliphatic carbocycles. The van der Waals surface area contributed by atoms with Crippen molar-refractivity contribution in [2.24, 2.45) is 0 Å². The van der Waals surface area contributed by atoms with E-state index < -0.39 is 0 Å². The Morgan fingerprint density at radius 3 is 2.59 bits per heavy atom. The van der Waals surface area contributed by atoms with Gasteiger partial charge in [-0.2, -0.15) is 0 Å². The molecular formula is C12H19N3OS. The molecule has 1 aliphatic heterocycles. The lowest BCUT2D eigenvalue weighted by atomic mass is 9.92. The molecule has 1 fully saturated rings. The third-order valence-corrected chi connectivity index (χ3v) is 3.60. The van der Waals surface area contributed by atoms with E-state index >= 15 is 0 Å². The molecule has 0 bridgehead atoms. The van der Waals surface area contributed by atoms with E-state index in [2.05, 4.69) is 25.8 Å². The van der Waals surface area contributed by atoms with Crippen molar-refractivity contribution in [2.75, 3.05) is 13.6 Å². The minimum Gasteiger partial charge on any atom is -0.344 e. The van der Waals surface area contributed by atoms with Crippen LogP contribution in [0.1, 0.15) is 38.9 Å². The molecule has 0 radical (unpaired) electrons. The first-order valence-electron chi connectivity index (χ1n) is 5.87. The Kier molecular flexibility index (Phi) is 2.89. The van der Waals surface area contributed by atoms with E-state index in [1.165, 1.54) is 0 Å². The lowest BCUT2D eigenvalue weighted by Gasteiger charge is -2.23. The highest BCUT2D eigenvalue weighted by Crippen LogP contribution is 2.30. The Hall–Kier alpha value is -1.10. The Morgan fingerprint density at radius 2 is 2.12 bits per heavy atom. The number of amides is 1. The molecule has 1 unspecified atom stereocenters. The average Bonchev–Trinajstić information content (AvgIpc) is 2.72. The SMILES string of the molecule is CN1CCC(n2c(C(C)(C)C)c[nH]c2=S)C1=O. The van der Waals surface area contributed by atoms with E-state index in [4.69, 9.17) is 12.2 Å². The second kappa shape index (κ2) is 3.98. The quantitative estimate of drug-likeness (QED) is 0.780. The third-order valence-electron chi connectivity index (χ3n) is 3.29. The maximum Gasteiger partial charge on any atom is 0.245 e. The highest BCUT2D eigenvalue weighted by Gasteiger charge is 2.34. The topological polar surface area (TPSA) is 41.0 Å². The van der Waals surface area contributed by atoms with Gasteiger partial charge in [0.25, 0.3) is 0 Å². The van der Waals surface area contributed by atoms with E-state index in [1.54, 1.807) is 4.90 Å². The first-order valence-corrected chi connectivity index (χ1v) is 6.28. The van der Waals surface area contributed by atoms with Crippen LogP contribution in [0.4, 0.5) is 0 Å². The van der Waals surface area contributed by atoms with E-state index in [0.29, 0.717) is 4.77 Å². The van der Waals surface area contributed by atoms with Gasteiger partial charge in [0.05, 0.1) is 0 Å². The predicted octanol–water partition coefficient (Wildman–Crippen LogP) is 2.25. The number of likely N-dealkylation sites (tertiary alicyclic amines) is 1. The van der Waals surface area contributed by atoms with Gasteiger partial charge in [-0.15, -0.1) is 0 Å². The molecule has 2 rings (SSSR count). The van der Waals surface area contributed by atoms with Crippen molar-refractivity contribution in [3.63, 3.8) is 0 Å². The fourth-order valence-corrected chi connectivity index (χ4v) is 2.59. The summed E-state index contributed by atoms with van der Waals surface area (Å²) in [4.78, 5) is 16.9. The Labute approximate surface area is 107 Å². The Morgan fingerprint density at radius 1 is 1.47 bits per heavy atom. The summed E-state index contributed by atoms with van der Waals surface area (Å²) in [5.41, 5.74) is 1.07. The van der Waals surface area contributed by atoms with Crippen molar-refractivity contribution < 1.29 is 4.79 Å². The number of carbonyl (C=O) groups excluding carboxylic acids is 1. The van der Waals surface area contributed by atoms with Gasteiger partial charge in [0, 0.05) is 30.9 Å². The van der Waals surface area contributed by atoms with E-state index in [0.717, 1.165) is 18.7 Å². The van der Waals surface area contributed by atoms with Crippen molar-refractivity contribution in [3.8, 4) is 0 Å². The molecule has 17 heavy (non-hydrogen) atoms. The van der Waals surface area contributed by atoms with Crippen LogP contribution in [-0.2, 0) is 10.2 Å². The van der Waals surface area contributed by atoms with Crippen molar-refractivity contribution in [1.29, 1.82) is 0 Å². The molecule has 1 saturated heterocycles. The van der Waals surface area contributed by atoms with Crippen LogP contribution in [-0.4, -0.2) is 34.0 Å². The summed E-state index contributed by atoms with van der Waals surface area (Å²) in [6, 6.07) is -0.132. The second-order valence-corrected chi connectivity index (χ2v) is 6.05. The number of hydrogen-bond donors (Lipinski definition) is 1. The second-order valence-electron chi connectivity index (χ2n) is 5.66. The fraction of sp³-hybridized carbons (Fsp3) is 0.667. The van der Waals surface area contributed by atoms with Crippen LogP contribution >= 0.6 is 12.2 Å². The monoisotopic (exact) mass is 253 g/mol. The normalized spacial score (nSPS) is 21.3. The number of carbonyl (C=O) groups is 1. The van der Waals surface area contributed by atoms with Crippen LogP contribution < -0.4 is 0 Å². The molecule has 0 aromatic carbocycles. The van der Waals surface area contributed by atoms with Gasteiger partial charge in [-0.3, -0.25) is 4.79 Å². The molecular weight excluding hydrogens is 234 g/mol. The minimum atomic E-state index is -0.132. The van der Waals surface area contributed by atoms with E-state index in [1.807, 2.05) is 17.8 Å². The van der Waals surface area contributed by atoms with Crippen LogP contribution in [0, 0.1) is 4.77 Å². The van der Waals surface area contributed by atoms with Crippen molar-refractivity contribution in [1.82, 2.24) is 14.5 Å². The molecule has 94 valence electrons. The molecule has 1 atom stereocenters. The number of imidazole rings is 1. The van der Waals surface area contributed by atoms with Crippen molar-refractivity contribution in [3.05, 3.63) is 16.7 Å². The van der Waals surface area contributed by atoms with Crippen molar-refractivity contribution >= 4 is 18.1 Å². The Balaban J connectivity index is 2.49. The third kappa shape index (κ3) is 2.04. The van der Waals surface area contributed by atoms with E-state index in [9.17, 15) is 4.79 Å². The molecule has 0 saturated carbocycles. The maximum atomic E-state index is 12.1. The number of aromatic nitrogens is 2. The molecule has 2 heterocycles. The van der Waals surface area contributed by atoms with Gasteiger partial charge in [0.2, 0.25) is 5.91 Å². The molecule has 4 nitrogen and oxygen atoms in total. The molecule has 1 N–H and O–H groups in total. The average molecular weight is 253 g/mol. The van der Waals surface area contributed by atoms with E-state index in [-0.39, 0.29) is 17.4 Å². The number of aromatic amines is 1. The lowest BCUT2D eigenvalue weighted by Crippen LogP contribution is -2.28. The summed E-state index contributed by atoms with van der Waals surface area (Å²) in [6.07, 6.45) is 2.76. The fourth-order valence-electron chi connectivity index (χ4n) is 2.31. The molecule has 1 aliphatic rings. The summed E-state index contributed by atoms with van der Waals surface area (Å²) in [5.74, 6) is 0.159. The number of hydrogen-bond acceptors (Lipinski definition) is 2. The van der Waals surface area contributed by atoms with Crippen molar-refractivity contribution in [2.45, 2.75) is 38.6 Å². The summed E-state index contributed by atoms with van der Waals surface area (Å²) >= 11 is 5.31. The zero-order valence-corrected chi connectivity index (χ0v) is 11.6. The summed E-state index contributed by atoms with van der Waals surface area (Å²) in [5, 5.41) is 0. The van der Waals surface area contributed by atoms with Gasteiger partial charge in [0.15, 0.2) is 4.77 Å². The van der Waals surface area contributed by atoms with Gasteiger partial charge in [-0.1, -0.05) is 20.8 Å². The smallest absolute Gasteiger partial charge is 0.245 e. The molecule has 1 aromatic rings. The summed E-state index contributed by atoms with van der Waals surface area (Å²) in [7, 11) is 1.84. The summed E-state index contributed by atoms with van der Waals surface area (Å²) < 4.78 is 2.63. The highest BCUT2D eigenvalue weighted by molar-refractivity contribution is 7.71. The zero-order chi connectivity index (χ0) is 12.8. The summed E-state index contributed by atoms with van der Waals surface area (Å²) in [6.45, 7) is 7.19. The Bertz CT molecular complexity index is 495. The van der Waals surface area contributed by atoms with Crippen LogP contribution in [0.15, 0.2) is 6.20 Å². The maximum absolute atomic E-state index is 12.1. The molecule has 1 amide bonds. The van der Waals surface area contributed by atoms with Gasteiger partial charge < -0.3 is 14.5 Å². The number of H-pyrrole nitrogens is 1. The minimum absolute atomic E-state index is 0.0188. The number of likely N-dealkylation sites (N-methyl/N-ethyl adjacent to an activating group) is 1. The standard InChI is InChI=1S/C12H19N3OS/c1-12(2,3)9-7-13-11(17)15(9)8-5-6-14(4)10(8)16/h7-8H,5-6H2,1-4H3,(H,13,17). The van der Waals surface area contributed by atoms with Crippen LogP contribution in [0.2, 0.25) is 0 Å². The van der Waals surface area contributed by atoms with Gasteiger partial charge >= 0.3 is 0 Å².